The summed E-state index contributed by atoms with van der Waals surface area (Å²) in [4.78, 5) is 0. The molecule has 0 saturated heterocycles. The summed E-state index contributed by atoms with van der Waals surface area (Å²) in [6, 6.07) is 13.5. The van der Waals surface area contributed by atoms with Gasteiger partial charge in [0.05, 0.1) is 12.7 Å². The molecule has 0 aliphatic carbocycles. The molecule has 0 bridgehead atoms. The average molecular weight is 320 g/mol. The number of phenols is 1. The van der Waals surface area contributed by atoms with Crippen molar-refractivity contribution in [3.05, 3.63) is 65.3 Å². The SMILES string of the molecule is OCC(O)Cc1cccc(F)c1.Oc1cccc2sccc12. The number of fused-ring (bicyclic) bond motifs is 1. The fraction of sp³-hybridized carbons (Fsp3) is 0.176. The first kappa shape index (κ1) is 16.4. The van der Waals surface area contributed by atoms with Gasteiger partial charge in [0, 0.05) is 16.5 Å². The van der Waals surface area contributed by atoms with E-state index in [4.69, 9.17) is 10.2 Å². The van der Waals surface area contributed by atoms with E-state index in [2.05, 4.69) is 0 Å². The van der Waals surface area contributed by atoms with E-state index in [1.165, 1.54) is 12.1 Å². The maximum absolute atomic E-state index is 12.6. The van der Waals surface area contributed by atoms with Crippen molar-refractivity contribution in [2.75, 3.05) is 6.61 Å². The van der Waals surface area contributed by atoms with Gasteiger partial charge >= 0.3 is 0 Å². The van der Waals surface area contributed by atoms with Crippen molar-refractivity contribution in [3.63, 3.8) is 0 Å². The van der Waals surface area contributed by atoms with E-state index in [1.54, 1.807) is 29.5 Å². The van der Waals surface area contributed by atoms with E-state index in [9.17, 15) is 9.50 Å². The number of halogens is 1. The fourth-order valence-corrected chi connectivity index (χ4v) is 2.79. The lowest BCUT2D eigenvalue weighted by atomic mass is 10.1. The molecule has 116 valence electrons. The van der Waals surface area contributed by atoms with Crippen LogP contribution in [0.1, 0.15) is 5.56 Å². The van der Waals surface area contributed by atoms with Gasteiger partial charge in [-0.3, -0.25) is 0 Å². The van der Waals surface area contributed by atoms with Gasteiger partial charge in [0.25, 0.3) is 0 Å². The van der Waals surface area contributed by atoms with Crippen LogP contribution in [0.15, 0.2) is 53.9 Å². The van der Waals surface area contributed by atoms with Gasteiger partial charge in [0.1, 0.15) is 11.6 Å². The molecular formula is C17H17FO3S. The second-order valence-corrected chi connectivity index (χ2v) is 5.73. The molecule has 5 heteroatoms. The van der Waals surface area contributed by atoms with Crippen molar-refractivity contribution in [1.29, 1.82) is 0 Å². The summed E-state index contributed by atoms with van der Waals surface area (Å²) < 4.78 is 13.7. The normalized spacial score (nSPS) is 11.8. The largest absolute Gasteiger partial charge is 0.507 e. The van der Waals surface area contributed by atoms with Crippen LogP contribution in [0.5, 0.6) is 5.75 Å². The Morgan fingerprint density at radius 2 is 1.86 bits per heavy atom. The summed E-state index contributed by atoms with van der Waals surface area (Å²) in [6.45, 7) is -0.295. The summed E-state index contributed by atoms with van der Waals surface area (Å²) in [5, 5.41) is 29.7. The molecule has 3 aromatic rings. The van der Waals surface area contributed by atoms with Crippen LogP contribution in [0, 0.1) is 5.82 Å². The van der Waals surface area contributed by atoms with Gasteiger partial charge in [-0.05, 0) is 41.3 Å². The molecule has 0 saturated carbocycles. The average Bonchev–Trinajstić information content (AvgIpc) is 2.98. The van der Waals surface area contributed by atoms with Crippen LogP contribution in [0.25, 0.3) is 10.1 Å². The van der Waals surface area contributed by atoms with Crippen molar-refractivity contribution in [2.45, 2.75) is 12.5 Å². The molecular weight excluding hydrogens is 303 g/mol. The smallest absolute Gasteiger partial charge is 0.124 e. The maximum atomic E-state index is 12.6. The highest BCUT2D eigenvalue weighted by atomic mass is 32.1. The van der Waals surface area contributed by atoms with Crippen LogP contribution in [0.4, 0.5) is 4.39 Å². The first-order chi connectivity index (χ1) is 10.6. The molecule has 0 fully saturated rings. The molecule has 1 unspecified atom stereocenters. The lowest BCUT2D eigenvalue weighted by Crippen LogP contribution is -2.14. The van der Waals surface area contributed by atoms with E-state index < -0.39 is 6.10 Å². The minimum absolute atomic E-state index is 0.286. The molecule has 1 heterocycles. The summed E-state index contributed by atoms with van der Waals surface area (Å²) in [5.41, 5.74) is 0.691. The Hall–Kier alpha value is -1.95. The Bertz CT molecular complexity index is 727. The third-order valence-electron chi connectivity index (χ3n) is 3.04. The van der Waals surface area contributed by atoms with Gasteiger partial charge in [0.15, 0.2) is 0 Å². The molecule has 3 N–H and O–H groups in total. The number of hydrogen-bond acceptors (Lipinski definition) is 4. The Morgan fingerprint density at radius 3 is 2.55 bits per heavy atom. The summed E-state index contributed by atoms with van der Waals surface area (Å²) in [6.07, 6.45) is -0.513. The molecule has 0 radical (unpaired) electrons. The van der Waals surface area contributed by atoms with Gasteiger partial charge < -0.3 is 15.3 Å². The highest BCUT2D eigenvalue weighted by molar-refractivity contribution is 7.17. The van der Waals surface area contributed by atoms with Crippen molar-refractivity contribution >= 4 is 21.4 Å². The number of thiophene rings is 1. The Morgan fingerprint density at radius 1 is 1.09 bits per heavy atom. The molecule has 3 rings (SSSR count). The van der Waals surface area contributed by atoms with Gasteiger partial charge in [-0.15, -0.1) is 11.3 Å². The minimum atomic E-state index is -0.799. The molecule has 2 aromatic carbocycles. The quantitative estimate of drug-likeness (QED) is 0.694. The number of rotatable bonds is 3. The summed E-state index contributed by atoms with van der Waals surface area (Å²) in [7, 11) is 0. The number of phenolic OH excluding ortho intramolecular Hbond substituents is 1. The zero-order chi connectivity index (χ0) is 15.9. The molecule has 3 nitrogen and oxygen atoms in total. The van der Waals surface area contributed by atoms with Gasteiger partial charge in [0.2, 0.25) is 0 Å². The van der Waals surface area contributed by atoms with Crippen LogP contribution < -0.4 is 0 Å². The highest BCUT2D eigenvalue weighted by Gasteiger charge is 2.03. The van der Waals surface area contributed by atoms with Crippen molar-refractivity contribution in [3.8, 4) is 5.75 Å². The lowest BCUT2D eigenvalue weighted by Gasteiger charge is -2.06. The van der Waals surface area contributed by atoms with Crippen LogP contribution in [0.2, 0.25) is 0 Å². The van der Waals surface area contributed by atoms with Crippen molar-refractivity contribution in [2.24, 2.45) is 0 Å². The number of hydrogen-bond donors (Lipinski definition) is 3. The van der Waals surface area contributed by atoms with Gasteiger partial charge in [-0.1, -0.05) is 18.2 Å². The Kier molecular flexibility index (Phi) is 5.89. The minimum Gasteiger partial charge on any atom is -0.507 e. The van der Waals surface area contributed by atoms with E-state index in [0.717, 1.165) is 10.1 Å². The standard InChI is InChI=1S/C9H11FO2.C8H6OS/c10-8-3-1-2-7(4-8)5-9(12)6-11;9-7-2-1-3-8-6(7)4-5-10-8/h1-4,9,11-12H,5-6H2;1-5,9H. The molecule has 1 aromatic heterocycles. The first-order valence-electron chi connectivity index (χ1n) is 6.78. The van der Waals surface area contributed by atoms with Crippen LogP contribution >= 0.6 is 11.3 Å². The van der Waals surface area contributed by atoms with Crippen molar-refractivity contribution < 1.29 is 19.7 Å². The van der Waals surface area contributed by atoms with Crippen LogP contribution in [-0.4, -0.2) is 28.0 Å². The monoisotopic (exact) mass is 320 g/mol. The van der Waals surface area contributed by atoms with E-state index in [-0.39, 0.29) is 18.8 Å². The number of aromatic hydroxyl groups is 1. The van der Waals surface area contributed by atoms with Gasteiger partial charge in [-0.25, -0.2) is 4.39 Å². The number of benzene rings is 2. The third kappa shape index (κ3) is 4.53. The zero-order valence-electron chi connectivity index (χ0n) is 11.8. The summed E-state index contributed by atoms with van der Waals surface area (Å²) >= 11 is 1.64. The molecule has 22 heavy (non-hydrogen) atoms. The second-order valence-electron chi connectivity index (χ2n) is 4.78. The topological polar surface area (TPSA) is 60.7 Å². The Balaban J connectivity index is 0.000000162. The molecule has 0 aliphatic rings. The van der Waals surface area contributed by atoms with Crippen LogP contribution in [-0.2, 0) is 6.42 Å². The summed E-state index contributed by atoms with van der Waals surface area (Å²) in [5.74, 6) is 0.0522. The Labute approximate surface area is 131 Å². The maximum Gasteiger partial charge on any atom is 0.124 e. The van der Waals surface area contributed by atoms with Crippen LogP contribution in [0.3, 0.4) is 0 Å². The number of aliphatic hydroxyl groups is 2. The van der Waals surface area contributed by atoms with E-state index in [0.29, 0.717) is 11.3 Å². The number of aliphatic hydroxyl groups excluding tert-OH is 2. The highest BCUT2D eigenvalue weighted by Crippen LogP contribution is 2.27. The van der Waals surface area contributed by atoms with Gasteiger partial charge in [-0.2, -0.15) is 0 Å². The lowest BCUT2D eigenvalue weighted by molar-refractivity contribution is 0.0954. The molecule has 0 spiro atoms. The first-order valence-corrected chi connectivity index (χ1v) is 7.66. The second kappa shape index (κ2) is 7.89. The predicted molar refractivity (Wildman–Crippen MR) is 86.7 cm³/mol. The van der Waals surface area contributed by atoms with Crippen molar-refractivity contribution in [1.82, 2.24) is 0 Å². The third-order valence-corrected chi connectivity index (χ3v) is 3.93. The van der Waals surface area contributed by atoms with E-state index >= 15 is 0 Å². The molecule has 0 amide bonds. The fourth-order valence-electron chi connectivity index (χ4n) is 1.98. The van der Waals surface area contributed by atoms with E-state index in [1.807, 2.05) is 23.6 Å². The molecule has 1 atom stereocenters. The molecule has 0 aliphatic heterocycles. The zero-order valence-corrected chi connectivity index (χ0v) is 12.6. The predicted octanol–water partition coefficient (Wildman–Crippen LogP) is 3.33.